The van der Waals surface area contributed by atoms with Crippen LogP contribution in [0.1, 0.15) is 127 Å². The van der Waals surface area contributed by atoms with Crippen LogP contribution < -0.4 is 0 Å². The van der Waals surface area contributed by atoms with Gasteiger partial charge in [0.15, 0.2) is 0 Å². The summed E-state index contributed by atoms with van der Waals surface area (Å²) in [5, 5.41) is 0. The van der Waals surface area contributed by atoms with Crippen molar-refractivity contribution >= 4 is 0 Å². The van der Waals surface area contributed by atoms with Crippen LogP contribution in [-0.2, 0) is 9.47 Å². The molecule has 0 amide bonds. The van der Waals surface area contributed by atoms with E-state index in [1.54, 1.807) is 6.07 Å². The molecular formula is C36H50F2O2. The summed E-state index contributed by atoms with van der Waals surface area (Å²) in [5.41, 5.74) is 3.01. The van der Waals surface area contributed by atoms with Crippen LogP contribution in [0, 0.1) is 23.5 Å². The average molecular weight is 553 g/mol. The standard InChI is InChI=1S/C36H50F2O2/c1-3-5-22-40-32-16-10-26(11-17-32)25-6-8-27(9-7-25)29-14-20-34(35(37)23-29)30-15-21-33(36(38)24-30)28-12-18-31(19-13-28)39-4-2/h14-15,20-21,23-28,31-32H,3-13,16-19,22H2,1-2H3. The molecule has 2 nitrogen and oxygen atoms in total. The number of rotatable bonds is 10. The van der Waals surface area contributed by atoms with Crippen molar-refractivity contribution < 1.29 is 18.3 Å². The largest absolute Gasteiger partial charge is 0.379 e. The highest BCUT2D eigenvalue weighted by Gasteiger charge is 2.32. The fourth-order valence-electron chi connectivity index (χ4n) is 7.87. The zero-order valence-corrected chi connectivity index (χ0v) is 24.8. The van der Waals surface area contributed by atoms with E-state index < -0.39 is 0 Å². The highest BCUT2D eigenvalue weighted by molar-refractivity contribution is 5.65. The molecule has 0 spiro atoms. The molecule has 2 aromatic carbocycles. The zero-order valence-electron chi connectivity index (χ0n) is 24.8. The maximum atomic E-state index is 15.4. The summed E-state index contributed by atoms with van der Waals surface area (Å²) in [6.45, 7) is 5.90. The van der Waals surface area contributed by atoms with Gasteiger partial charge in [-0.15, -0.1) is 0 Å². The normalized spacial score (nSPS) is 29.4. The van der Waals surface area contributed by atoms with Crippen LogP contribution in [0.15, 0.2) is 36.4 Å². The molecule has 0 N–H and O–H groups in total. The topological polar surface area (TPSA) is 18.5 Å². The molecular weight excluding hydrogens is 502 g/mol. The van der Waals surface area contributed by atoms with Crippen LogP contribution >= 0.6 is 0 Å². The van der Waals surface area contributed by atoms with Gasteiger partial charge in [-0.3, -0.25) is 0 Å². The Hall–Kier alpha value is -1.78. The Morgan fingerprint density at radius 2 is 1.27 bits per heavy atom. The third-order valence-corrected chi connectivity index (χ3v) is 10.3. The lowest BCUT2D eigenvalue weighted by Gasteiger charge is -2.38. The second kappa shape index (κ2) is 14.4. The van der Waals surface area contributed by atoms with Gasteiger partial charge >= 0.3 is 0 Å². The van der Waals surface area contributed by atoms with Crippen LogP contribution in [0.5, 0.6) is 0 Å². The Bertz CT molecular complexity index is 1060. The smallest absolute Gasteiger partial charge is 0.131 e. The molecule has 5 rings (SSSR count). The van der Waals surface area contributed by atoms with Gasteiger partial charge in [0, 0.05) is 18.8 Å². The van der Waals surface area contributed by atoms with E-state index in [0.29, 0.717) is 29.3 Å². The molecule has 0 bridgehead atoms. The third kappa shape index (κ3) is 7.34. The maximum Gasteiger partial charge on any atom is 0.131 e. The lowest BCUT2D eigenvalue weighted by atomic mass is 9.69. The molecule has 0 unspecified atom stereocenters. The average Bonchev–Trinajstić information content (AvgIpc) is 2.98. The molecule has 4 heteroatoms. The summed E-state index contributed by atoms with van der Waals surface area (Å²) in [6, 6.07) is 11.0. The van der Waals surface area contributed by atoms with Gasteiger partial charge in [0.1, 0.15) is 11.6 Å². The summed E-state index contributed by atoms with van der Waals surface area (Å²) >= 11 is 0. The molecule has 3 saturated carbocycles. The van der Waals surface area contributed by atoms with Crippen molar-refractivity contribution in [3.05, 3.63) is 59.2 Å². The summed E-state index contributed by atoms with van der Waals surface area (Å²) in [4.78, 5) is 0. The first-order valence-corrected chi connectivity index (χ1v) is 16.4. The van der Waals surface area contributed by atoms with Gasteiger partial charge < -0.3 is 9.47 Å². The number of ether oxygens (including phenoxy) is 2. The molecule has 0 saturated heterocycles. The molecule has 0 radical (unpaired) electrons. The van der Waals surface area contributed by atoms with Crippen molar-refractivity contribution in [3.8, 4) is 11.1 Å². The van der Waals surface area contributed by atoms with Crippen LogP contribution in [-0.4, -0.2) is 25.4 Å². The van der Waals surface area contributed by atoms with Crippen LogP contribution in [0.3, 0.4) is 0 Å². The Balaban J connectivity index is 1.13. The summed E-state index contributed by atoms with van der Waals surface area (Å²) in [7, 11) is 0. The third-order valence-electron chi connectivity index (χ3n) is 10.3. The molecule has 0 aromatic heterocycles. The molecule has 2 aromatic rings. The van der Waals surface area contributed by atoms with Gasteiger partial charge in [0.25, 0.3) is 0 Å². The van der Waals surface area contributed by atoms with Crippen molar-refractivity contribution in [2.24, 2.45) is 11.8 Å². The number of benzene rings is 2. The molecule has 0 aliphatic heterocycles. The number of unbranched alkanes of at least 4 members (excludes halogenated alkanes) is 1. The predicted molar refractivity (Wildman–Crippen MR) is 160 cm³/mol. The summed E-state index contributed by atoms with van der Waals surface area (Å²) in [6.07, 6.45) is 16.8. The minimum atomic E-state index is -0.231. The molecule has 220 valence electrons. The van der Waals surface area contributed by atoms with Crippen LogP contribution in [0.4, 0.5) is 8.78 Å². The first kappa shape index (κ1) is 29.7. The SMILES string of the molecule is CCCCOC1CCC(C2CCC(c3ccc(-c4ccc(C5CCC(OCC)CC5)c(F)c4)c(F)c3)CC2)CC1. The van der Waals surface area contributed by atoms with E-state index in [4.69, 9.17) is 9.47 Å². The zero-order chi connectivity index (χ0) is 27.9. The van der Waals surface area contributed by atoms with Gasteiger partial charge in [0.05, 0.1) is 12.2 Å². The highest BCUT2D eigenvalue weighted by atomic mass is 19.1. The molecule has 3 aliphatic carbocycles. The highest BCUT2D eigenvalue weighted by Crippen LogP contribution is 2.44. The Labute approximate surface area is 241 Å². The summed E-state index contributed by atoms with van der Waals surface area (Å²) < 4.78 is 42.4. The molecule has 0 heterocycles. The Morgan fingerprint density at radius 1 is 0.650 bits per heavy atom. The summed E-state index contributed by atoms with van der Waals surface area (Å²) in [5.74, 6) is 1.86. The first-order chi connectivity index (χ1) is 19.6. The van der Waals surface area contributed by atoms with Crippen molar-refractivity contribution in [1.82, 2.24) is 0 Å². The van der Waals surface area contributed by atoms with E-state index >= 15 is 8.78 Å². The van der Waals surface area contributed by atoms with Crippen molar-refractivity contribution in [1.29, 1.82) is 0 Å². The fourth-order valence-corrected chi connectivity index (χ4v) is 7.87. The van der Waals surface area contributed by atoms with E-state index in [9.17, 15) is 0 Å². The second-order valence-corrected chi connectivity index (χ2v) is 12.8. The van der Waals surface area contributed by atoms with Crippen molar-refractivity contribution in [3.63, 3.8) is 0 Å². The number of hydrogen-bond donors (Lipinski definition) is 0. The van der Waals surface area contributed by atoms with Gasteiger partial charge in [-0.1, -0.05) is 37.6 Å². The fraction of sp³-hybridized carbons (Fsp3) is 0.667. The molecule has 3 aliphatic rings. The Kier molecular flexibility index (Phi) is 10.7. The number of hydrogen-bond acceptors (Lipinski definition) is 2. The molecule has 0 atom stereocenters. The number of halogens is 2. The van der Waals surface area contributed by atoms with E-state index in [0.717, 1.165) is 74.7 Å². The quantitative estimate of drug-likeness (QED) is 0.273. The van der Waals surface area contributed by atoms with Crippen LogP contribution in [0.25, 0.3) is 11.1 Å². The van der Waals surface area contributed by atoms with E-state index in [1.165, 1.54) is 57.4 Å². The monoisotopic (exact) mass is 552 g/mol. The van der Waals surface area contributed by atoms with Crippen molar-refractivity contribution in [2.45, 2.75) is 128 Å². The Morgan fingerprint density at radius 3 is 1.90 bits per heavy atom. The van der Waals surface area contributed by atoms with Gasteiger partial charge in [-0.05, 0) is 143 Å². The second-order valence-electron chi connectivity index (χ2n) is 12.8. The van der Waals surface area contributed by atoms with Gasteiger partial charge in [-0.2, -0.15) is 0 Å². The van der Waals surface area contributed by atoms with E-state index in [2.05, 4.69) is 13.0 Å². The van der Waals surface area contributed by atoms with Gasteiger partial charge in [-0.25, -0.2) is 8.78 Å². The molecule has 3 fully saturated rings. The van der Waals surface area contributed by atoms with Crippen molar-refractivity contribution in [2.75, 3.05) is 13.2 Å². The maximum absolute atomic E-state index is 15.4. The van der Waals surface area contributed by atoms with E-state index in [-0.39, 0.29) is 17.6 Å². The minimum absolute atomic E-state index is 0.208. The predicted octanol–water partition coefficient (Wildman–Crippen LogP) is 10.3. The lowest BCUT2D eigenvalue weighted by Crippen LogP contribution is -2.28. The first-order valence-electron chi connectivity index (χ1n) is 16.4. The minimum Gasteiger partial charge on any atom is -0.379 e. The van der Waals surface area contributed by atoms with Gasteiger partial charge in [0.2, 0.25) is 0 Å². The molecule has 40 heavy (non-hydrogen) atoms. The van der Waals surface area contributed by atoms with E-state index in [1.807, 2.05) is 25.1 Å². The van der Waals surface area contributed by atoms with Crippen LogP contribution in [0.2, 0.25) is 0 Å². The lowest BCUT2D eigenvalue weighted by molar-refractivity contribution is 0.00675.